The van der Waals surface area contributed by atoms with E-state index in [2.05, 4.69) is 47.8 Å². The van der Waals surface area contributed by atoms with Gasteiger partial charge in [-0.25, -0.2) is 4.98 Å². The SMILES string of the molecule is CCC(N)Cc1ccc(N(C)C2CCN(CC)CC2)nc1. The average molecular weight is 290 g/mol. The molecule has 0 amide bonds. The lowest BCUT2D eigenvalue weighted by atomic mass is 10.0. The zero-order valence-corrected chi connectivity index (χ0v) is 13.8. The Morgan fingerprint density at radius 1 is 1.33 bits per heavy atom. The summed E-state index contributed by atoms with van der Waals surface area (Å²) in [5.74, 6) is 1.08. The molecule has 0 spiro atoms. The normalized spacial score (nSPS) is 18.7. The van der Waals surface area contributed by atoms with Crippen LogP contribution in [-0.2, 0) is 6.42 Å². The third kappa shape index (κ3) is 4.42. The lowest BCUT2D eigenvalue weighted by Gasteiger charge is -2.36. The van der Waals surface area contributed by atoms with Gasteiger partial charge in [-0.05, 0) is 43.9 Å². The topological polar surface area (TPSA) is 45.4 Å². The van der Waals surface area contributed by atoms with E-state index in [-0.39, 0.29) is 6.04 Å². The van der Waals surface area contributed by atoms with Crippen LogP contribution in [0, 0.1) is 0 Å². The summed E-state index contributed by atoms with van der Waals surface area (Å²) in [4.78, 5) is 9.50. The number of likely N-dealkylation sites (tertiary alicyclic amines) is 1. The average Bonchev–Trinajstić information content (AvgIpc) is 2.55. The Kier molecular flexibility index (Phi) is 6.00. The number of aromatic nitrogens is 1. The summed E-state index contributed by atoms with van der Waals surface area (Å²) in [6, 6.07) is 5.18. The van der Waals surface area contributed by atoms with Crippen molar-refractivity contribution in [2.75, 3.05) is 31.6 Å². The standard InChI is InChI=1S/C17H30N4/c1-4-15(18)12-14-6-7-17(19-13-14)20(3)16-8-10-21(5-2)11-9-16/h6-7,13,15-16H,4-5,8-12,18H2,1-3H3. The summed E-state index contributed by atoms with van der Waals surface area (Å²) >= 11 is 0. The first kappa shape index (κ1) is 16.2. The van der Waals surface area contributed by atoms with Crippen LogP contribution in [0.4, 0.5) is 5.82 Å². The van der Waals surface area contributed by atoms with Crippen LogP contribution in [0.5, 0.6) is 0 Å². The van der Waals surface area contributed by atoms with Gasteiger partial charge in [-0.15, -0.1) is 0 Å². The van der Waals surface area contributed by atoms with Gasteiger partial charge in [-0.3, -0.25) is 0 Å². The second kappa shape index (κ2) is 7.76. The van der Waals surface area contributed by atoms with Gasteiger partial charge in [0.25, 0.3) is 0 Å². The quantitative estimate of drug-likeness (QED) is 0.873. The van der Waals surface area contributed by atoms with Gasteiger partial charge in [0, 0.05) is 38.4 Å². The van der Waals surface area contributed by atoms with E-state index < -0.39 is 0 Å². The Labute approximate surface area is 129 Å². The fourth-order valence-electron chi connectivity index (χ4n) is 3.00. The molecule has 2 rings (SSSR count). The van der Waals surface area contributed by atoms with Gasteiger partial charge in [0.05, 0.1) is 0 Å². The predicted molar refractivity (Wildman–Crippen MR) is 89.7 cm³/mol. The zero-order valence-electron chi connectivity index (χ0n) is 13.8. The molecule has 2 heterocycles. The highest BCUT2D eigenvalue weighted by molar-refractivity contribution is 5.39. The van der Waals surface area contributed by atoms with Crippen molar-refractivity contribution in [2.24, 2.45) is 5.73 Å². The van der Waals surface area contributed by atoms with Crippen LogP contribution in [0.25, 0.3) is 0 Å². The molecule has 1 atom stereocenters. The Morgan fingerprint density at radius 3 is 2.57 bits per heavy atom. The Bertz CT molecular complexity index is 409. The third-order valence-electron chi connectivity index (χ3n) is 4.74. The molecule has 1 aromatic rings. The second-order valence-electron chi connectivity index (χ2n) is 6.17. The van der Waals surface area contributed by atoms with Gasteiger partial charge in [0.15, 0.2) is 0 Å². The molecule has 0 aliphatic carbocycles. The number of piperidine rings is 1. The molecule has 118 valence electrons. The first-order valence-corrected chi connectivity index (χ1v) is 8.29. The van der Waals surface area contributed by atoms with Crippen molar-refractivity contribution in [3.05, 3.63) is 23.9 Å². The van der Waals surface area contributed by atoms with Crippen molar-refractivity contribution in [1.82, 2.24) is 9.88 Å². The van der Waals surface area contributed by atoms with Crippen molar-refractivity contribution in [1.29, 1.82) is 0 Å². The maximum atomic E-state index is 6.00. The molecular formula is C17H30N4. The first-order chi connectivity index (χ1) is 10.1. The van der Waals surface area contributed by atoms with Crippen molar-refractivity contribution in [2.45, 2.75) is 51.6 Å². The van der Waals surface area contributed by atoms with Crippen LogP contribution in [-0.4, -0.2) is 48.6 Å². The van der Waals surface area contributed by atoms with Crippen LogP contribution in [0.15, 0.2) is 18.3 Å². The van der Waals surface area contributed by atoms with Gasteiger partial charge in [0.1, 0.15) is 5.82 Å². The summed E-state index contributed by atoms with van der Waals surface area (Å²) in [6.07, 6.45) is 6.38. The van der Waals surface area contributed by atoms with Crippen molar-refractivity contribution >= 4 is 5.82 Å². The largest absolute Gasteiger partial charge is 0.357 e. The molecule has 0 bridgehead atoms. The number of hydrogen-bond acceptors (Lipinski definition) is 4. The van der Waals surface area contributed by atoms with Crippen molar-refractivity contribution < 1.29 is 0 Å². The van der Waals surface area contributed by atoms with Gasteiger partial charge in [-0.2, -0.15) is 0 Å². The summed E-state index contributed by atoms with van der Waals surface area (Å²) in [6.45, 7) is 7.94. The molecule has 21 heavy (non-hydrogen) atoms. The Balaban J connectivity index is 1.92. The van der Waals surface area contributed by atoms with Crippen LogP contribution >= 0.6 is 0 Å². The van der Waals surface area contributed by atoms with Gasteiger partial charge in [-0.1, -0.05) is 19.9 Å². The van der Waals surface area contributed by atoms with E-state index in [0.717, 1.165) is 18.7 Å². The molecule has 0 radical (unpaired) electrons. The number of nitrogens with two attached hydrogens (primary N) is 1. The molecular weight excluding hydrogens is 260 g/mol. The summed E-state index contributed by atoms with van der Waals surface area (Å²) < 4.78 is 0. The minimum absolute atomic E-state index is 0.244. The highest BCUT2D eigenvalue weighted by Gasteiger charge is 2.22. The molecule has 1 aliphatic heterocycles. The van der Waals surface area contributed by atoms with E-state index in [9.17, 15) is 0 Å². The minimum atomic E-state index is 0.244. The lowest BCUT2D eigenvalue weighted by Crippen LogP contribution is -2.43. The predicted octanol–water partition coefficient (Wildman–Crippen LogP) is 2.28. The molecule has 1 aliphatic rings. The minimum Gasteiger partial charge on any atom is -0.357 e. The van der Waals surface area contributed by atoms with Gasteiger partial charge in [0.2, 0.25) is 0 Å². The van der Waals surface area contributed by atoms with Crippen molar-refractivity contribution in [3.63, 3.8) is 0 Å². The fourth-order valence-corrected chi connectivity index (χ4v) is 3.00. The molecule has 2 N–H and O–H groups in total. The highest BCUT2D eigenvalue weighted by atomic mass is 15.2. The summed E-state index contributed by atoms with van der Waals surface area (Å²) in [5, 5.41) is 0. The third-order valence-corrected chi connectivity index (χ3v) is 4.74. The molecule has 1 unspecified atom stereocenters. The van der Waals surface area contributed by atoms with E-state index in [1.165, 1.54) is 38.0 Å². The van der Waals surface area contributed by atoms with Gasteiger partial charge >= 0.3 is 0 Å². The molecule has 0 aromatic carbocycles. The van der Waals surface area contributed by atoms with E-state index in [1.807, 2.05) is 6.20 Å². The number of rotatable bonds is 6. The molecule has 4 heteroatoms. The zero-order chi connectivity index (χ0) is 15.2. The van der Waals surface area contributed by atoms with Crippen LogP contribution in [0.2, 0.25) is 0 Å². The maximum Gasteiger partial charge on any atom is 0.128 e. The van der Waals surface area contributed by atoms with Crippen LogP contribution in [0.3, 0.4) is 0 Å². The molecule has 0 saturated carbocycles. The molecule has 1 fully saturated rings. The van der Waals surface area contributed by atoms with E-state index in [1.54, 1.807) is 0 Å². The van der Waals surface area contributed by atoms with Gasteiger partial charge < -0.3 is 15.5 Å². The fraction of sp³-hybridized carbons (Fsp3) is 0.706. The van der Waals surface area contributed by atoms with E-state index in [4.69, 9.17) is 5.73 Å². The van der Waals surface area contributed by atoms with E-state index in [0.29, 0.717) is 6.04 Å². The molecule has 1 saturated heterocycles. The van der Waals surface area contributed by atoms with E-state index >= 15 is 0 Å². The summed E-state index contributed by atoms with van der Waals surface area (Å²) in [7, 11) is 2.17. The van der Waals surface area contributed by atoms with Crippen molar-refractivity contribution in [3.8, 4) is 0 Å². The Morgan fingerprint density at radius 2 is 2.05 bits per heavy atom. The second-order valence-corrected chi connectivity index (χ2v) is 6.17. The number of anilines is 1. The first-order valence-electron chi connectivity index (χ1n) is 8.29. The number of nitrogens with zero attached hydrogens (tertiary/aromatic N) is 3. The molecule has 4 nitrogen and oxygen atoms in total. The monoisotopic (exact) mass is 290 g/mol. The van der Waals surface area contributed by atoms with Crippen LogP contribution < -0.4 is 10.6 Å². The highest BCUT2D eigenvalue weighted by Crippen LogP contribution is 2.20. The van der Waals surface area contributed by atoms with Crippen LogP contribution in [0.1, 0.15) is 38.7 Å². The maximum absolute atomic E-state index is 6.00. The Hall–Kier alpha value is -1.13. The number of hydrogen-bond donors (Lipinski definition) is 1. The molecule has 1 aromatic heterocycles. The smallest absolute Gasteiger partial charge is 0.128 e. The summed E-state index contributed by atoms with van der Waals surface area (Å²) in [5.41, 5.74) is 7.24. The number of pyridine rings is 1. The lowest BCUT2D eigenvalue weighted by molar-refractivity contribution is 0.220.